The Morgan fingerprint density at radius 3 is 2.61 bits per heavy atom. The maximum absolute atomic E-state index is 14.0. The average Bonchev–Trinajstić information content (AvgIpc) is 3.40. The molecule has 166 valence electrons. The van der Waals surface area contributed by atoms with E-state index in [4.69, 9.17) is 9.47 Å². The summed E-state index contributed by atoms with van der Waals surface area (Å²) in [7, 11) is 1.53. The first-order valence-corrected chi connectivity index (χ1v) is 10.4. The summed E-state index contributed by atoms with van der Waals surface area (Å²) in [4.78, 5) is 27.5. The fraction of sp³-hybridized carbons (Fsp3) is 0.154. The third-order valence-corrected chi connectivity index (χ3v) is 5.93. The van der Waals surface area contributed by atoms with Crippen molar-refractivity contribution in [2.24, 2.45) is 0 Å². The highest BCUT2D eigenvalue weighted by molar-refractivity contribution is 6.51. The van der Waals surface area contributed by atoms with Crippen molar-refractivity contribution in [3.8, 4) is 11.5 Å². The number of aliphatic hydroxyl groups excluding tert-OH is 1. The van der Waals surface area contributed by atoms with Gasteiger partial charge in [-0.25, -0.2) is 4.39 Å². The summed E-state index contributed by atoms with van der Waals surface area (Å²) in [5.41, 5.74) is 2.06. The van der Waals surface area contributed by atoms with Crippen LogP contribution >= 0.6 is 0 Å². The summed E-state index contributed by atoms with van der Waals surface area (Å²) in [5, 5.41) is 11.2. The maximum atomic E-state index is 14.0. The second-order valence-corrected chi connectivity index (χ2v) is 7.84. The Hall–Kier alpha value is -4.13. The largest absolute Gasteiger partial charge is 0.507 e. The van der Waals surface area contributed by atoms with Gasteiger partial charge >= 0.3 is 0 Å². The second-order valence-electron chi connectivity index (χ2n) is 7.84. The van der Waals surface area contributed by atoms with Crippen LogP contribution in [0.4, 0.5) is 10.1 Å². The van der Waals surface area contributed by atoms with Crippen molar-refractivity contribution in [2.45, 2.75) is 12.5 Å². The van der Waals surface area contributed by atoms with E-state index in [-0.39, 0.29) is 17.0 Å². The SMILES string of the molecule is COc1ccc(C2/C(=C(/O)c3ccc4c(c3)CCO4)C(=O)C(=O)N2c2cccc(F)c2)cc1. The lowest BCUT2D eigenvalue weighted by molar-refractivity contribution is -0.132. The van der Waals surface area contributed by atoms with Crippen LogP contribution in [0.15, 0.2) is 72.3 Å². The first-order valence-electron chi connectivity index (χ1n) is 10.4. The zero-order chi connectivity index (χ0) is 23.1. The van der Waals surface area contributed by atoms with Crippen LogP contribution < -0.4 is 14.4 Å². The van der Waals surface area contributed by atoms with E-state index in [1.54, 1.807) is 48.5 Å². The van der Waals surface area contributed by atoms with Gasteiger partial charge in [0, 0.05) is 17.7 Å². The Balaban J connectivity index is 1.70. The van der Waals surface area contributed by atoms with E-state index in [0.717, 1.165) is 11.3 Å². The number of anilines is 1. The molecule has 3 aromatic carbocycles. The highest BCUT2D eigenvalue weighted by Crippen LogP contribution is 2.43. The van der Waals surface area contributed by atoms with Crippen molar-refractivity contribution < 1.29 is 28.6 Å². The smallest absolute Gasteiger partial charge is 0.300 e. The van der Waals surface area contributed by atoms with Gasteiger partial charge in [-0.05, 0) is 59.7 Å². The number of carbonyl (C=O) groups excluding carboxylic acids is 2. The summed E-state index contributed by atoms with van der Waals surface area (Å²) in [6, 6.07) is 16.5. The molecule has 1 fully saturated rings. The molecule has 6 nitrogen and oxygen atoms in total. The van der Waals surface area contributed by atoms with E-state index in [1.807, 2.05) is 0 Å². The van der Waals surface area contributed by atoms with Crippen molar-refractivity contribution >= 4 is 23.1 Å². The van der Waals surface area contributed by atoms with Crippen LogP contribution in [0.5, 0.6) is 11.5 Å². The standard InChI is InChI=1S/C26H20FNO5/c1-32-20-8-5-15(6-9-20)23-22(24(29)17-7-10-21-16(13-17)11-12-33-21)25(30)26(31)28(23)19-4-2-3-18(27)14-19/h2-10,13-14,23,29H,11-12H2,1H3/b24-22-. The van der Waals surface area contributed by atoms with Gasteiger partial charge in [-0.2, -0.15) is 0 Å². The number of methoxy groups -OCH3 is 1. The highest BCUT2D eigenvalue weighted by Gasteiger charge is 2.47. The van der Waals surface area contributed by atoms with E-state index in [2.05, 4.69) is 0 Å². The van der Waals surface area contributed by atoms with Crippen LogP contribution in [-0.4, -0.2) is 30.5 Å². The van der Waals surface area contributed by atoms with Gasteiger partial charge in [-0.1, -0.05) is 18.2 Å². The molecule has 2 heterocycles. The van der Waals surface area contributed by atoms with Gasteiger partial charge in [0.1, 0.15) is 23.1 Å². The average molecular weight is 445 g/mol. The number of ether oxygens (including phenoxy) is 2. The number of fused-ring (bicyclic) bond motifs is 1. The van der Waals surface area contributed by atoms with Crippen molar-refractivity contribution in [1.29, 1.82) is 0 Å². The lowest BCUT2D eigenvalue weighted by atomic mass is 9.94. The third kappa shape index (κ3) is 3.51. The lowest BCUT2D eigenvalue weighted by Crippen LogP contribution is -2.29. The molecule has 33 heavy (non-hydrogen) atoms. The highest BCUT2D eigenvalue weighted by atomic mass is 19.1. The number of ketones is 1. The molecule has 0 saturated carbocycles. The molecule has 1 atom stereocenters. The quantitative estimate of drug-likeness (QED) is 0.366. The lowest BCUT2D eigenvalue weighted by Gasteiger charge is -2.25. The second kappa shape index (κ2) is 8.09. The molecule has 0 radical (unpaired) electrons. The zero-order valence-electron chi connectivity index (χ0n) is 17.7. The van der Waals surface area contributed by atoms with Crippen LogP contribution in [0.25, 0.3) is 5.76 Å². The molecule has 5 rings (SSSR count). The number of aliphatic hydroxyl groups is 1. The topological polar surface area (TPSA) is 76.1 Å². The number of hydrogen-bond acceptors (Lipinski definition) is 5. The van der Waals surface area contributed by atoms with Crippen molar-refractivity contribution in [3.63, 3.8) is 0 Å². The molecule has 0 spiro atoms. The third-order valence-electron chi connectivity index (χ3n) is 5.93. The Labute approximate surface area is 189 Å². The number of Topliss-reactive ketones (excluding diaryl/α,β-unsaturated/α-hetero) is 1. The Kier molecular flexibility index (Phi) is 5.09. The normalized spacial score (nSPS) is 18.8. The first-order chi connectivity index (χ1) is 16.0. The van der Waals surface area contributed by atoms with E-state index in [0.29, 0.717) is 29.9 Å². The Morgan fingerprint density at radius 2 is 1.88 bits per heavy atom. The maximum Gasteiger partial charge on any atom is 0.300 e. The molecule has 1 N–H and O–H groups in total. The van der Waals surface area contributed by atoms with Gasteiger partial charge in [0.05, 0.1) is 25.3 Å². The van der Waals surface area contributed by atoms with Crippen molar-refractivity contribution in [2.75, 3.05) is 18.6 Å². The molecule has 2 aliphatic rings. The van der Waals surface area contributed by atoms with Crippen molar-refractivity contribution in [1.82, 2.24) is 0 Å². The monoisotopic (exact) mass is 445 g/mol. The fourth-order valence-corrected chi connectivity index (χ4v) is 4.32. The predicted octanol–water partition coefficient (Wildman–Crippen LogP) is 4.40. The van der Waals surface area contributed by atoms with Crippen LogP contribution in [-0.2, 0) is 16.0 Å². The van der Waals surface area contributed by atoms with Gasteiger partial charge < -0.3 is 14.6 Å². The van der Waals surface area contributed by atoms with E-state index in [1.165, 1.54) is 30.2 Å². The summed E-state index contributed by atoms with van der Waals surface area (Å²) >= 11 is 0. The number of hydrogen-bond donors (Lipinski definition) is 1. The molecular formula is C26H20FNO5. The molecule has 1 unspecified atom stereocenters. The predicted molar refractivity (Wildman–Crippen MR) is 120 cm³/mol. The molecular weight excluding hydrogens is 425 g/mol. The summed E-state index contributed by atoms with van der Waals surface area (Å²) in [6.45, 7) is 0.551. The number of benzene rings is 3. The van der Waals surface area contributed by atoms with Crippen LogP contribution in [0.1, 0.15) is 22.7 Å². The summed E-state index contributed by atoms with van der Waals surface area (Å²) in [5.74, 6) is -1.18. The van der Waals surface area contributed by atoms with Crippen LogP contribution in [0.3, 0.4) is 0 Å². The Morgan fingerprint density at radius 1 is 1.09 bits per heavy atom. The number of rotatable bonds is 4. The van der Waals surface area contributed by atoms with E-state index >= 15 is 0 Å². The van der Waals surface area contributed by atoms with Gasteiger partial charge in [0.25, 0.3) is 11.7 Å². The van der Waals surface area contributed by atoms with Gasteiger partial charge in [-0.15, -0.1) is 0 Å². The fourth-order valence-electron chi connectivity index (χ4n) is 4.32. The summed E-state index contributed by atoms with van der Waals surface area (Å²) in [6.07, 6.45) is 0.690. The molecule has 0 bridgehead atoms. The van der Waals surface area contributed by atoms with Gasteiger partial charge in [0.2, 0.25) is 0 Å². The molecule has 0 aromatic heterocycles. The summed E-state index contributed by atoms with van der Waals surface area (Å²) < 4.78 is 24.7. The first kappa shape index (κ1) is 20.8. The van der Waals surface area contributed by atoms with Crippen LogP contribution in [0, 0.1) is 5.82 Å². The van der Waals surface area contributed by atoms with Gasteiger partial charge in [-0.3, -0.25) is 14.5 Å². The minimum Gasteiger partial charge on any atom is -0.507 e. The minimum atomic E-state index is -0.942. The molecule has 0 aliphatic carbocycles. The van der Waals surface area contributed by atoms with E-state index < -0.39 is 23.5 Å². The van der Waals surface area contributed by atoms with Crippen molar-refractivity contribution in [3.05, 3.63) is 94.8 Å². The minimum absolute atomic E-state index is 0.0618. The number of carbonyl (C=O) groups is 2. The molecule has 1 saturated heterocycles. The van der Waals surface area contributed by atoms with E-state index in [9.17, 15) is 19.1 Å². The molecule has 7 heteroatoms. The molecule has 2 aliphatic heterocycles. The molecule has 3 aromatic rings. The van der Waals surface area contributed by atoms with Gasteiger partial charge in [0.15, 0.2) is 0 Å². The van der Waals surface area contributed by atoms with Crippen LogP contribution in [0.2, 0.25) is 0 Å². The molecule has 1 amide bonds. The zero-order valence-corrected chi connectivity index (χ0v) is 17.7. The number of halogens is 1. The Bertz CT molecular complexity index is 1300. The number of amides is 1. The number of nitrogens with zero attached hydrogens (tertiary/aromatic N) is 1.